The van der Waals surface area contributed by atoms with Gasteiger partial charge in [0.2, 0.25) is 59.1 Å². The van der Waals surface area contributed by atoms with Gasteiger partial charge < -0.3 is 79.5 Å². The van der Waals surface area contributed by atoms with Crippen molar-refractivity contribution in [2.24, 2.45) is 23.3 Å². The summed E-state index contributed by atoms with van der Waals surface area (Å²) in [6.45, 7) is 7.43. The summed E-state index contributed by atoms with van der Waals surface area (Å²) in [7, 11) is 0. The number of primary amides is 1. The molecule has 0 aromatic rings. The molecule has 0 saturated carbocycles. The van der Waals surface area contributed by atoms with Crippen LogP contribution in [0.5, 0.6) is 0 Å². The highest BCUT2D eigenvalue weighted by molar-refractivity contribution is 5.98. The summed E-state index contributed by atoms with van der Waals surface area (Å²) >= 11 is 0. The van der Waals surface area contributed by atoms with E-state index in [1.807, 2.05) is 0 Å². The Bertz CT molecular complexity index is 1900. The van der Waals surface area contributed by atoms with Gasteiger partial charge in [-0.1, -0.05) is 27.7 Å². The van der Waals surface area contributed by atoms with E-state index in [2.05, 4.69) is 47.9 Å². The van der Waals surface area contributed by atoms with Gasteiger partial charge in [-0.2, -0.15) is 0 Å². The van der Waals surface area contributed by atoms with Crippen LogP contribution >= 0.6 is 0 Å². The maximum Gasteiger partial charge on any atom is 0.326 e. The van der Waals surface area contributed by atoms with Gasteiger partial charge in [0.15, 0.2) is 0 Å². The molecule has 2 aliphatic rings. The molecule has 70 heavy (non-hydrogen) atoms. The van der Waals surface area contributed by atoms with Crippen LogP contribution in [0.2, 0.25) is 0 Å². The number of amides is 10. The molecule has 0 unspecified atom stereocenters. The van der Waals surface area contributed by atoms with E-state index in [0.717, 1.165) is 0 Å². The van der Waals surface area contributed by atoms with Gasteiger partial charge in [-0.15, -0.1) is 0 Å². The highest BCUT2D eigenvalue weighted by Crippen LogP contribution is 2.18. The third kappa shape index (κ3) is 20.6. The lowest BCUT2D eigenvalue weighted by molar-refractivity contribution is -0.144. The van der Waals surface area contributed by atoms with Crippen LogP contribution in [0.1, 0.15) is 98.8 Å². The molecule has 0 aliphatic carbocycles. The highest BCUT2D eigenvalue weighted by atomic mass is 16.4. The van der Waals surface area contributed by atoms with Gasteiger partial charge in [0.05, 0.1) is 31.7 Å². The number of aliphatic carboxylic acids is 2. The van der Waals surface area contributed by atoms with Crippen LogP contribution in [0.15, 0.2) is 0 Å². The zero-order chi connectivity index (χ0) is 52.8. The van der Waals surface area contributed by atoms with Crippen molar-refractivity contribution in [3.63, 3.8) is 0 Å². The van der Waals surface area contributed by atoms with Crippen molar-refractivity contribution in [2.75, 3.05) is 32.7 Å². The first kappa shape index (κ1) is 59.6. The molecular formula is C43H72N12O15. The summed E-state index contributed by atoms with van der Waals surface area (Å²) in [5.74, 6) is -12.0. The zero-order valence-corrected chi connectivity index (χ0v) is 40.3. The van der Waals surface area contributed by atoms with Crippen molar-refractivity contribution in [2.45, 2.75) is 153 Å². The lowest BCUT2D eigenvalue weighted by atomic mass is 9.99. The number of rotatable bonds is 30. The molecule has 2 heterocycles. The van der Waals surface area contributed by atoms with Crippen molar-refractivity contribution >= 4 is 71.0 Å². The minimum atomic E-state index is -1.85. The Kier molecular flexibility index (Phi) is 25.2. The number of hydrogen-bond donors (Lipinski definition) is 14. The fraction of sp³-hybridized carbons (Fsp3) is 0.721. The quantitative estimate of drug-likeness (QED) is 0.0299. The van der Waals surface area contributed by atoms with Gasteiger partial charge in [0, 0.05) is 19.5 Å². The standard InChI is InChI=1S/C43H72N12O15/c1-21(2)15-28(39(65)49-23(5)36(62)48-20-33(59)55-14-8-10-30(55)41(67)51-26(43(69)70)9-6-7-13-44)53-42(68)35(22(3)4)54-40(66)29(17-34(60)61)52-38(64)25(11-12-31(45)57)50-32(58)19-47-37(63)27-16-24(56)18-46-27/h21-30,35,46,56H,6-20,44H2,1-5H3,(H2,45,57)(H,47,63)(H,48,62)(H,49,65)(H,50,58)(H,51,67)(H,52,64)(H,53,68)(H,54,66)(H,60,61)(H,69,70)/t23-,24+,25-,26-,27-,28-,29-,30-,35-/m0/s1. The molecule has 2 saturated heterocycles. The molecule has 0 bridgehead atoms. The molecule has 27 nitrogen and oxygen atoms in total. The molecule has 9 atom stereocenters. The first-order chi connectivity index (χ1) is 32.8. The smallest absolute Gasteiger partial charge is 0.326 e. The molecule has 0 aromatic carbocycles. The first-order valence-electron chi connectivity index (χ1n) is 23.3. The van der Waals surface area contributed by atoms with Crippen molar-refractivity contribution in [3.8, 4) is 0 Å². The molecule has 27 heteroatoms. The number of nitrogens with one attached hydrogen (secondary N) is 9. The van der Waals surface area contributed by atoms with E-state index in [4.69, 9.17) is 11.5 Å². The number of carboxylic acids is 2. The van der Waals surface area contributed by atoms with Crippen LogP contribution in [-0.2, 0) is 57.5 Å². The third-order valence-electron chi connectivity index (χ3n) is 11.4. The van der Waals surface area contributed by atoms with Gasteiger partial charge in [-0.3, -0.25) is 52.7 Å². The molecule has 394 valence electrons. The van der Waals surface area contributed by atoms with Crippen LogP contribution in [0, 0.1) is 11.8 Å². The summed E-state index contributed by atoms with van der Waals surface area (Å²) in [5, 5.41) is 50.9. The topological polar surface area (TPSA) is 429 Å². The fourth-order valence-electron chi connectivity index (χ4n) is 7.57. The Hall–Kier alpha value is -6.48. The van der Waals surface area contributed by atoms with Crippen molar-refractivity contribution < 1.29 is 72.9 Å². The Labute approximate surface area is 405 Å². The predicted octanol–water partition coefficient (Wildman–Crippen LogP) is -5.48. The second-order valence-corrected chi connectivity index (χ2v) is 18.2. The predicted molar refractivity (Wildman–Crippen MR) is 246 cm³/mol. The minimum absolute atomic E-state index is 0.0394. The minimum Gasteiger partial charge on any atom is -0.481 e. The molecule has 16 N–H and O–H groups in total. The monoisotopic (exact) mass is 997 g/mol. The Balaban J connectivity index is 2.10. The van der Waals surface area contributed by atoms with Crippen molar-refractivity contribution in [3.05, 3.63) is 0 Å². The number of carbonyl (C=O) groups is 12. The number of aliphatic hydroxyl groups excluding tert-OH is 1. The summed E-state index contributed by atoms with van der Waals surface area (Å²) < 4.78 is 0. The fourth-order valence-corrected chi connectivity index (χ4v) is 7.57. The average molecular weight is 997 g/mol. The largest absolute Gasteiger partial charge is 0.481 e. The number of carbonyl (C=O) groups excluding carboxylic acids is 10. The number of unbranched alkanes of at least 4 members (excludes halogenated alkanes) is 1. The SMILES string of the molecule is CC(C)C[C@H](NC(=O)[C@@H](NC(=O)[C@H](CC(=O)O)NC(=O)[C@H](CCC(N)=O)NC(=O)CNC(=O)[C@@H]1C[C@@H](O)CN1)C(C)C)C(=O)N[C@@H](C)C(=O)NCC(=O)N1CCC[C@H]1C(=O)N[C@@H](CCCCN)C(=O)O. The first-order valence-corrected chi connectivity index (χ1v) is 23.3. The van der Waals surface area contributed by atoms with Crippen molar-refractivity contribution in [1.29, 1.82) is 0 Å². The number of nitrogens with zero attached hydrogens (tertiary/aromatic N) is 1. The molecule has 2 aliphatic heterocycles. The van der Waals surface area contributed by atoms with Crippen LogP contribution in [0.25, 0.3) is 0 Å². The molecule has 2 fully saturated rings. The molecule has 0 aromatic heterocycles. The number of hydrogen-bond acceptors (Lipinski definition) is 15. The number of likely N-dealkylation sites (tertiary alicyclic amines) is 1. The average Bonchev–Trinajstić information content (AvgIpc) is 3.96. The van der Waals surface area contributed by atoms with Gasteiger partial charge in [-0.25, -0.2) is 4.79 Å². The van der Waals surface area contributed by atoms with Gasteiger partial charge in [0.1, 0.15) is 42.3 Å². The second kappa shape index (κ2) is 29.5. The molecular weight excluding hydrogens is 925 g/mol. The number of nitrogens with two attached hydrogens (primary N) is 2. The van der Waals surface area contributed by atoms with Gasteiger partial charge in [0.25, 0.3) is 0 Å². The number of aliphatic hydroxyl groups is 1. The number of carboxylic acid groups (broad SMARTS) is 2. The summed E-state index contributed by atoms with van der Waals surface area (Å²) in [6.07, 6.45) is -0.513. The lowest BCUT2D eigenvalue weighted by Crippen LogP contribution is -2.60. The van der Waals surface area contributed by atoms with E-state index in [1.54, 1.807) is 13.8 Å². The van der Waals surface area contributed by atoms with Gasteiger partial charge in [-0.05, 0) is 76.7 Å². The van der Waals surface area contributed by atoms with E-state index in [9.17, 15) is 72.9 Å². The zero-order valence-electron chi connectivity index (χ0n) is 40.3. The van der Waals surface area contributed by atoms with Crippen LogP contribution < -0.4 is 59.3 Å². The van der Waals surface area contributed by atoms with E-state index in [-0.39, 0.29) is 51.1 Å². The maximum atomic E-state index is 13.8. The Morgan fingerprint density at radius 2 is 1.34 bits per heavy atom. The summed E-state index contributed by atoms with van der Waals surface area (Å²) in [5.41, 5.74) is 10.7. The van der Waals surface area contributed by atoms with E-state index in [0.29, 0.717) is 25.8 Å². The van der Waals surface area contributed by atoms with E-state index in [1.165, 1.54) is 25.7 Å². The van der Waals surface area contributed by atoms with Crippen LogP contribution in [0.3, 0.4) is 0 Å². The highest BCUT2D eigenvalue weighted by Gasteiger charge is 2.38. The van der Waals surface area contributed by atoms with E-state index >= 15 is 0 Å². The Morgan fingerprint density at radius 3 is 1.91 bits per heavy atom. The summed E-state index contributed by atoms with van der Waals surface area (Å²) in [4.78, 5) is 155. The summed E-state index contributed by atoms with van der Waals surface area (Å²) in [6, 6.07) is -10.3. The lowest BCUT2D eigenvalue weighted by Gasteiger charge is -2.28. The van der Waals surface area contributed by atoms with E-state index < -0.39 is 157 Å². The van der Waals surface area contributed by atoms with Crippen LogP contribution in [-0.4, -0.2) is 178 Å². The molecule has 10 amide bonds. The molecule has 0 radical (unpaired) electrons. The second-order valence-electron chi connectivity index (χ2n) is 18.2. The van der Waals surface area contributed by atoms with Crippen LogP contribution in [0.4, 0.5) is 0 Å². The third-order valence-corrected chi connectivity index (χ3v) is 11.4. The van der Waals surface area contributed by atoms with Crippen molar-refractivity contribution in [1.82, 2.24) is 52.8 Å². The Morgan fingerprint density at radius 1 is 0.700 bits per heavy atom. The number of β-amino-alcohol motifs (C(OH)–C–C–N with tert-alkyl or cyclic N) is 1. The molecule has 2 rings (SSSR count). The molecule has 0 spiro atoms. The maximum absolute atomic E-state index is 13.8. The normalized spacial score (nSPS) is 19.0. The van der Waals surface area contributed by atoms with Gasteiger partial charge >= 0.3 is 11.9 Å².